The van der Waals surface area contributed by atoms with Gasteiger partial charge in [0.2, 0.25) is 0 Å². The second-order valence-corrected chi connectivity index (χ2v) is 6.66. The first kappa shape index (κ1) is 16.0. The quantitative estimate of drug-likeness (QED) is 0.892. The molecule has 1 saturated carbocycles. The summed E-state index contributed by atoms with van der Waals surface area (Å²) in [5, 5.41) is 7.63. The highest BCUT2D eigenvalue weighted by Gasteiger charge is 2.15. The van der Waals surface area contributed by atoms with Gasteiger partial charge in [-0.25, -0.2) is 0 Å². The summed E-state index contributed by atoms with van der Waals surface area (Å²) in [7, 11) is 0. The van der Waals surface area contributed by atoms with Crippen LogP contribution in [0, 0.1) is 0 Å². The van der Waals surface area contributed by atoms with E-state index in [0.717, 1.165) is 11.1 Å². The van der Waals surface area contributed by atoms with Gasteiger partial charge in [-0.3, -0.25) is 4.79 Å². The van der Waals surface area contributed by atoms with Gasteiger partial charge >= 0.3 is 0 Å². The van der Waals surface area contributed by atoms with Crippen LogP contribution in [-0.2, 0) is 4.79 Å². The first-order chi connectivity index (χ1) is 11.3. The van der Waals surface area contributed by atoms with Gasteiger partial charge in [-0.15, -0.1) is 0 Å². The van der Waals surface area contributed by atoms with Crippen molar-refractivity contribution < 1.29 is 10.1 Å². The molecular weight excluding hydrogens is 284 g/mol. The Balaban J connectivity index is 1.51. The largest absolute Gasteiger partial charge is 0.336 e. The van der Waals surface area contributed by atoms with Crippen molar-refractivity contribution >= 4 is 22.4 Å². The Morgan fingerprint density at radius 1 is 0.957 bits per heavy atom. The van der Waals surface area contributed by atoms with Crippen molar-refractivity contribution in [3.8, 4) is 0 Å². The van der Waals surface area contributed by atoms with E-state index in [2.05, 4.69) is 28.8 Å². The van der Waals surface area contributed by atoms with Gasteiger partial charge in [-0.05, 0) is 48.6 Å². The number of carbonyl (C=O) groups excluding carboxylic acids is 1. The number of fused-ring (bicyclic) bond motifs is 1. The minimum atomic E-state index is 0.0994. The fourth-order valence-electron chi connectivity index (χ4n) is 3.48. The average Bonchev–Trinajstić information content (AvgIpc) is 2.54. The molecule has 0 aromatic heterocycles. The van der Waals surface area contributed by atoms with E-state index >= 15 is 0 Å². The third-order valence-electron chi connectivity index (χ3n) is 4.82. The standard InChI is InChI=1S/C20H26N2O/c23-20(15-21-18-10-4-2-1-3-5-11-18)22-19-13-12-16-8-6-7-9-17(16)14-19/h6-9,12-14,18,21H,1-5,10-11,15H2,(H,22,23)/p+1. The second kappa shape index (κ2) is 8.11. The van der Waals surface area contributed by atoms with E-state index in [1.807, 2.05) is 24.3 Å². The fraction of sp³-hybridized carbons (Fsp3) is 0.450. The molecule has 1 amide bonds. The number of hydrogen-bond acceptors (Lipinski definition) is 1. The van der Waals surface area contributed by atoms with E-state index in [0.29, 0.717) is 12.6 Å². The Morgan fingerprint density at radius 2 is 1.65 bits per heavy atom. The van der Waals surface area contributed by atoms with Gasteiger partial charge in [0, 0.05) is 5.69 Å². The van der Waals surface area contributed by atoms with Gasteiger partial charge in [0.15, 0.2) is 6.54 Å². The zero-order valence-corrected chi connectivity index (χ0v) is 13.8. The van der Waals surface area contributed by atoms with Crippen LogP contribution in [0.2, 0.25) is 0 Å². The van der Waals surface area contributed by atoms with Crippen LogP contribution in [0.1, 0.15) is 44.9 Å². The summed E-state index contributed by atoms with van der Waals surface area (Å²) in [5.41, 5.74) is 0.889. The van der Waals surface area contributed by atoms with Gasteiger partial charge in [0.25, 0.3) is 5.91 Å². The number of anilines is 1. The monoisotopic (exact) mass is 311 g/mol. The van der Waals surface area contributed by atoms with E-state index in [4.69, 9.17) is 0 Å². The number of benzene rings is 2. The van der Waals surface area contributed by atoms with Crippen LogP contribution in [0.4, 0.5) is 5.69 Å². The summed E-state index contributed by atoms with van der Waals surface area (Å²) in [6.45, 7) is 0.525. The molecule has 3 heteroatoms. The zero-order chi connectivity index (χ0) is 15.9. The van der Waals surface area contributed by atoms with Crippen molar-refractivity contribution in [2.75, 3.05) is 11.9 Å². The number of quaternary nitrogens is 1. The molecular formula is C20H27N2O+. The summed E-state index contributed by atoms with van der Waals surface area (Å²) >= 11 is 0. The molecule has 3 nitrogen and oxygen atoms in total. The first-order valence-corrected chi connectivity index (χ1v) is 8.93. The maximum Gasteiger partial charge on any atom is 0.279 e. The summed E-state index contributed by atoms with van der Waals surface area (Å²) in [6.07, 6.45) is 9.23. The highest BCUT2D eigenvalue weighted by atomic mass is 16.1. The molecule has 0 saturated heterocycles. The van der Waals surface area contributed by atoms with Gasteiger partial charge in [0.05, 0.1) is 6.04 Å². The lowest BCUT2D eigenvalue weighted by molar-refractivity contribution is -0.680. The Labute approximate surface area is 138 Å². The molecule has 3 rings (SSSR count). The summed E-state index contributed by atoms with van der Waals surface area (Å²) in [5.74, 6) is 0.0994. The minimum Gasteiger partial charge on any atom is -0.336 e. The molecule has 122 valence electrons. The van der Waals surface area contributed by atoms with Crippen molar-refractivity contribution in [2.45, 2.75) is 51.0 Å². The Morgan fingerprint density at radius 3 is 2.43 bits per heavy atom. The minimum absolute atomic E-state index is 0.0994. The molecule has 0 heterocycles. The number of carbonyl (C=O) groups is 1. The number of hydrogen-bond donors (Lipinski definition) is 2. The lowest BCUT2D eigenvalue weighted by Crippen LogP contribution is -2.91. The molecule has 0 unspecified atom stereocenters. The SMILES string of the molecule is O=C(C[NH2+]C1CCCCCCC1)Nc1ccc2ccccc2c1. The summed E-state index contributed by atoms with van der Waals surface area (Å²) in [4.78, 5) is 12.2. The van der Waals surface area contributed by atoms with Gasteiger partial charge in [-0.2, -0.15) is 0 Å². The molecule has 23 heavy (non-hydrogen) atoms. The predicted molar refractivity (Wildman–Crippen MR) is 95.5 cm³/mol. The van der Waals surface area contributed by atoms with E-state index in [1.165, 1.54) is 50.3 Å². The highest BCUT2D eigenvalue weighted by Crippen LogP contribution is 2.18. The van der Waals surface area contributed by atoms with Gasteiger partial charge in [-0.1, -0.05) is 49.6 Å². The third kappa shape index (κ3) is 4.80. The number of rotatable bonds is 4. The predicted octanol–water partition coefficient (Wildman–Crippen LogP) is 3.45. The number of nitrogens with two attached hydrogens (primary N) is 1. The van der Waals surface area contributed by atoms with Crippen molar-refractivity contribution in [2.24, 2.45) is 0 Å². The fourth-order valence-corrected chi connectivity index (χ4v) is 3.48. The van der Waals surface area contributed by atoms with E-state index in [1.54, 1.807) is 0 Å². The summed E-state index contributed by atoms with van der Waals surface area (Å²) in [6, 6.07) is 14.9. The van der Waals surface area contributed by atoms with Crippen LogP contribution >= 0.6 is 0 Å². The molecule has 0 bridgehead atoms. The van der Waals surface area contributed by atoms with E-state index in [-0.39, 0.29) is 5.91 Å². The van der Waals surface area contributed by atoms with Crippen molar-refractivity contribution in [1.29, 1.82) is 0 Å². The molecule has 1 fully saturated rings. The lowest BCUT2D eigenvalue weighted by Gasteiger charge is -2.18. The van der Waals surface area contributed by atoms with Gasteiger partial charge in [0.1, 0.15) is 0 Å². The Hall–Kier alpha value is -1.87. The average molecular weight is 311 g/mol. The lowest BCUT2D eigenvalue weighted by atomic mass is 9.97. The molecule has 2 aromatic carbocycles. The van der Waals surface area contributed by atoms with Gasteiger partial charge < -0.3 is 10.6 Å². The summed E-state index contributed by atoms with van der Waals surface area (Å²) < 4.78 is 0. The van der Waals surface area contributed by atoms with Crippen molar-refractivity contribution in [3.05, 3.63) is 42.5 Å². The van der Waals surface area contributed by atoms with Crippen LogP contribution in [0.25, 0.3) is 10.8 Å². The van der Waals surface area contributed by atoms with Crippen LogP contribution in [0.15, 0.2) is 42.5 Å². The topological polar surface area (TPSA) is 45.7 Å². The molecule has 1 aliphatic carbocycles. The third-order valence-corrected chi connectivity index (χ3v) is 4.82. The molecule has 1 aliphatic rings. The highest BCUT2D eigenvalue weighted by molar-refractivity contribution is 5.94. The van der Waals surface area contributed by atoms with E-state index < -0.39 is 0 Å². The van der Waals surface area contributed by atoms with E-state index in [9.17, 15) is 4.79 Å². The molecule has 0 spiro atoms. The molecule has 0 atom stereocenters. The first-order valence-electron chi connectivity index (χ1n) is 8.93. The molecule has 3 N–H and O–H groups in total. The normalized spacial score (nSPS) is 16.7. The zero-order valence-electron chi connectivity index (χ0n) is 13.8. The Kier molecular flexibility index (Phi) is 5.65. The maximum atomic E-state index is 12.2. The maximum absolute atomic E-state index is 12.2. The second-order valence-electron chi connectivity index (χ2n) is 6.66. The smallest absolute Gasteiger partial charge is 0.279 e. The van der Waals surface area contributed by atoms with Crippen molar-refractivity contribution in [3.63, 3.8) is 0 Å². The van der Waals surface area contributed by atoms with Crippen LogP contribution in [0.3, 0.4) is 0 Å². The Bertz CT molecular complexity index is 645. The van der Waals surface area contributed by atoms with Crippen molar-refractivity contribution in [1.82, 2.24) is 0 Å². The molecule has 0 aliphatic heterocycles. The van der Waals surface area contributed by atoms with Crippen LogP contribution in [0.5, 0.6) is 0 Å². The number of amides is 1. The van der Waals surface area contributed by atoms with Crippen LogP contribution < -0.4 is 10.6 Å². The molecule has 2 aromatic rings. The van der Waals surface area contributed by atoms with Crippen LogP contribution in [-0.4, -0.2) is 18.5 Å². The number of nitrogens with one attached hydrogen (secondary N) is 1. The molecule has 0 radical (unpaired) electrons.